The number of Topliss-reactive ketones (excluding diaryl/α,β-unsaturated/α-hetero) is 1. The van der Waals surface area contributed by atoms with Crippen molar-refractivity contribution in [1.29, 1.82) is 0 Å². The summed E-state index contributed by atoms with van der Waals surface area (Å²) in [6.07, 6.45) is -4.93. The quantitative estimate of drug-likeness (QED) is 0.630. The fourth-order valence-corrected chi connectivity index (χ4v) is 2.42. The van der Waals surface area contributed by atoms with Crippen molar-refractivity contribution in [2.75, 3.05) is 0 Å². The molecule has 3 unspecified atom stereocenters. The van der Waals surface area contributed by atoms with Crippen molar-refractivity contribution in [3.63, 3.8) is 0 Å². The molecule has 2 nitrogen and oxygen atoms in total. The number of hydrogen-bond donors (Lipinski definition) is 1. The van der Waals surface area contributed by atoms with Crippen LogP contribution in [0.2, 0.25) is 0 Å². The Labute approximate surface area is 72.7 Å². The maximum atomic E-state index is 12.4. The molecule has 2 aliphatic carbocycles. The first-order valence-electron chi connectivity index (χ1n) is 4.16. The van der Waals surface area contributed by atoms with Crippen LogP contribution in [0, 0.1) is 11.8 Å². The Bertz CT molecular complexity index is 261. The molecule has 0 amide bonds. The van der Waals surface area contributed by atoms with Crippen LogP contribution in [0.3, 0.4) is 0 Å². The molecule has 0 radical (unpaired) electrons. The maximum Gasteiger partial charge on any atom is 0.417 e. The molecule has 1 N–H and O–H groups in total. The number of halogens is 3. The molecule has 0 aromatic rings. The highest BCUT2D eigenvalue weighted by molar-refractivity contribution is 5.85. The van der Waals surface area contributed by atoms with Crippen LogP contribution in [-0.2, 0) is 4.79 Å². The lowest BCUT2D eigenvalue weighted by molar-refractivity contribution is -0.275. The van der Waals surface area contributed by atoms with E-state index >= 15 is 0 Å². The van der Waals surface area contributed by atoms with Gasteiger partial charge in [-0.25, -0.2) is 0 Å². The second kappa shape index (κ2) is 2.26. The number of rotatable bonds is 0. The van der Waals surface area contributed by atoms with Crippen LogP contribution in [0.25, 0.3) is 0 Å². The zero-order valence-corrected chi connectivity index (χ0v) is 6.77. The monoisotopic (exact) mass is 194 g/mol. The van der Waals surface area contributed by atoms with Gasteiger partial charge in [0.1, 0.15) is 5.78 Å². The van der Waals surface area contributed by atoms with Crippen LogP contribution in [-0.4, -0.2) is 22.7 Å². The van der Waals surface area contributed by atoms with Crippen LogP contribution in [0.15, 0.2) is 0 Å². The van der Waals surface area contributed by atoms with Gasteiger partial charge in [-0.3, -0.25) is 4.79 Å². The van der Waals surface area contributed by atoms with Crippen LogP contribution >= 0.6 is 0 Å². The van der Waals surface area contributed by atoms with Crippen molar-refractivity contribution >= 4 is 5.78 Å². The largest absolute Gasteiger partial charge is 0.417 e. The molecule has 74 valence electrons. The average molecular weight is 194 g/mol. The molecule has 0 aromatic heterocycles. The summed E-state index contributed by atoms with van der Waals surface area (Å²) in [5.41, 5.74) is -2.59. The number of carbonyl (C=O) groups excluding carboxylic acids is 1. The van der Waals surface area contributed by atoms with E-state index in [1.165, 1.54) is 0 Å². The molecular weight excluding hydrogens is 185 g/mol. The Morgan fingerprint density at radius 2 is 2.08 bits per heavy atom. The SMILES string of the molecule is O=C1CC2CC1CC2(O)C(F)(F)F. The van der Waals surface area contributed by atoms with Gasteiger partial charge in [0.25, 0.3) is 0 Å². The Morgan fingerprint density at radius 3 is 2.38 bits per heavy atom. The Morgan fingerprint density at radius 1 is 1.46 bits per heavy atom. The number of hydrogen-bond acceptors (Lipinski definition) is 2. The zero-order chi connectivity index (χ0) is 9.85. The van der Waals surface area contributed by atoms with E-state index in [0.717, 1.165) is 0 Å². The van der Waals surface area contributed by atoms with Crippen molar-refractivity contribution in [1.82, 2.24) is 0 Å². The Balaban J connectivity index is 2.27. The van der Waals surface area contributed by atoms with E-state index in [1.54, 1.807) is 0 Å². The van der Waals surface area contributed by atoms with Crippen molar-refractivity contribution < 1.29 is 23.1 Å². The van der Waals surface area contributed by atoms with Crippen LogP contribution in [0.1, 0.15) is 19.3 Å². The maximum absolute atomic E-state index is 12.4. The number of aliphatic hydroxyl groups is 1. The second-order valence-corrected chi connectivity index (χ2v) is 3.93. The van der Waals surface area contributed by atoms with E-state index in [1.807, 2.05) is 0 Å². The fraction of sp³-hybridized carbons (Fsp3) is 0.875. The van der Waals surface area contributed by atoms with Gasteiger partial charge < -0.3 is 5.11 Å². The van der Waals surface area contributed by atoms with E-state index in [0.29, 0.717) is 0 Å². The zero-order valence-electron chi connectivity index (χ0n) is 6.77. The molecule has 0 heterocycles. The topological polar surface area (TPSA) is 37.3 Å². The molecule has 5 heteroatoms. The Hall–Kier alpha value is -0.580. The van der Waals surface area contributed by atoms with Crippen molar-refractivity contribution in [2.45, 2.75) is 31.0 Å². The van der Waals surface area contributed by atoms with E-state index in [-0.39, 0.29) is 18.6 Å². The summed E-state index contributed by atoms with van der Waals surface area (Å²) in [6, 6.07) is 0. The average Bonchev–Trinajstić information content (AvgIpc) is 2.42. The van der Waals surface area contributed by atoms with Crippen molar-refractivity contribution in [2.24, 2.45) is 11.8 Å². The third kappa shape index (κ3) is 1.03. The predicted molar refractivity (Wildman–Crippen MR) is 36.8 cm³/mol. The lowest BCUT2D eigenvalue weighted by atomic mass is 9.83. The molecule has 0 aliphatic heterocycles. The van der Waals surface area contributed by atoms with Gasteiger partial charge in [0, 0.05) is 18.3 Å². The molecule has 2 bridgehead atoms. The number of ketones is 1. The highest BCUT2D eigenvalue weighted by atomic mass is 19.4. The molecule has 0 aromatic carbocycles. The van der Waals surface area contributed by atoms with E-state index in [9.17, 15) is 23.1 Å². The van der Waals surface area contributed by atoms with Crippen molar-refractivity contribution in [3.05, 3.63) is 0 Å². The Kier molecular flexibility index (Phi) is 1.56. The minimum Gasteiger partial charge on any atom is -0.380 e. The van der Waals surface area contributed by atoms with E-state index < -0.39 is 30.0 Å². The second-order valence-electron chi connectivity index (χ2n) is 3.93. The smallest absolute Gasteiger partial charge is 0.380 e. The lowest BCUT2D eigenvalue weighted by Gasteiger charge is -2.33. The first kappa shape index (κ1) is 8.99. The minimum atomic E-state index is -4.59. The highest BCUT2D eigenvalue weighted by Gasteiger charge is 2.66. The van der Waals surface area contributed by atoms with Gasteiger partial charge in [0.05, 0.1) is 0 Å². The summed E-state index contributed by atoms with van der Waals surface area (Å²) >= 11 is 0. The molecule has 2 aliphatic rings. The molecule has 3 atom stereocenters. The molecule has 0 saturated heterocycles. The molecule has 2 rings (SSSR count). The number of fused-ring (bicyclic) bond motifs is 2. The van der Waals surface area contributed by atoms with Crippen LogP contribution in [0.4, 0.5) is 13.2 Å². The molecule has 13 heavy (non-hydrogen) atoms. The molecule has 0 spiro atoms. The van der Waals surface area contributed by atoms with Gasteiger partial charge in [-0.1, -0.05) is 0 Å². The number of alkyl halides is 3. The van der Waals surface area contributed by atoms with Gasteiger partial charge in [-0.15, -0.1) is 0 Å². The van der Waals surface area contributed by atoms with Gasteiger partial charge in [-0.2, -0.15) is 13.2 Å². The summed E-state index contributed by atoms with van der Waals surface area (Å²) in [4.78, 5) is 11.0. The standard InChI is InChI=1S/C8H9F3O2/c9-8(10,11)7(13)3-4-1-5(7)2-6(4)12/h4-5,13H,1-3H2. The predicted octanol–water partition coefficient (Wildman–Crippen LogP) is 1.28. The van der Waals surface area contributed by atoms with Gasteiger partial charge >= 0.3 is 6.18 Å². The van der Waals surface area contributed by atoms with E-state index in [2.05, 4.69) is 0 Å². The molecule has 2 saturated carbocycles. The minimum absolute atomic E-state index is 0.110. The fourth-order valence-electron chi connectivity index (χ4n) is 2.42. The number of carbonyl (C=O) groups is 1. The first-order valence-corrected chi connectivity index (χ1v) is 4.16. The molecular formula is C8H9F3O2. The van der Waals surface area contributed by atoms with Gasteiger partial charge in [0.2, 0.25) is 0 Å². The summed E-state index contributed by atoms with van der Waals surface area (Å²) in [5, 5.41) is 9.36. The first-order chi connectivity index (χ1) is 5.84. The van der Waals surface area contributed by atoms with Crippen LogP contribution < -0.4 is 0 Å². The summed E-state index contributed by atoms with van der Waals surface area (Å²) in [6.45, 7) is 0. The van der Waals surface area contributed by atoms with Crippen LogP contribution in [0.5, 0.6) is 0 Å². The highest BCUT2D eigenvalue weighted by Crippen LogP contribution is 2.55. The normalized spacial score (nSPS) is 44.5. The molecule has 2 fully saturated rings. The van der Waals surface area contributed by atoms with E-state index in [4.69, 9.17) is 0 Å². The lowest BCUT2D eigenvalue weighted by Crippen LogP contribution is -2.50. The van der Waals surface area contributed by atoms with Gasteiger partial charge in [0.15, 0.2) is 5.60 Å². The summed E-state index contributed by atoms with van der Waals surface area (Å²) in [5.74, 6) is -1.58. The third-order valence-corrected chi connectivity index (χ3v) is 3.20. The van der Waals surface area contributed by atoms with Crippen molar-refractivity contribution in [3.8, 4) is 0 Å². The summed E-state index contributed by atoms with van der Waals surface area (Å²) < 4.78 is 37.1. The third-order valence-electron chi connectivity index (χ3n) is 3.20. The van der Waals surface area contributed by atoms with Gasteiger partial charge in [-0.05, 0) is 12.8 Å². The summed E-state index contributed by atoms with van der Waals surface area (Å²) in [7, 11) is 0.